The van der Waals surface area contributed by atoms with E-state index in [0.717, 1.165) is 12.1 Å². The molecule has 18 heavy (non-hydrogen) atoms. The maximum absolute atomic E-state index is 13.0. The Hall–Kier alpha value is -1.38. The van der Waals surface area contributed by atoms with Crippen LogP contribution in [0.1, 0.15) is 0 Å². The molecular weight excluding hydrogens is 283 g/mol. The Kier molecular flexibility index (Phi) is 4.15. The number of hydrogen-bond donors (Lipinski definition) is 1. The van der Waals surface area contributed by atoms with E-state index in [-0.39, 0.29) is 0 Å². The van der Waals surface area contributed by atoms with Crippen LogP contribution in [0.25, 0.3) is 0 Å². The third kappa shape index (κ3) is 3.31. The summed E-state index contributed by atoms with van der Waals surface area (Å²) in [5.74, 6) is -0.503. The van der Waals surface area contributed by atoms with Gasteiger partial charge < -0.3 is 4.74 Å². The Balaban J connectivity index is 3.09. The molecule has 0 N–H and O–H groups in total. The lowest BCUT2D eigenvalue weighted by Crippen LogP contribution is -2.49. The summed E-state index contributed by atoms with van der Waals surface area (Å²) in [6.07, 6.45) is -9.26. The summed E-state index contributed by atoms with van der Waals surface area (Å²) < 4.78 is 87.5. The van der Waals surface area contributed by atoms with Crippen molar-refractivity contribution in [3.8, 4) is 5.75 Å². The highest BCUT2D eigenvalue weighted by molar-refractivity contribution is 7.73. The number of alkyl halides is 5. The minimum atomic E-state index is -5.52. The van der Waals surface area contributed by atoms with Gasteiger partial charge >= 0.3 is 11.4 Å². The van der Waals surface area contributed by atoms with E-state index in [9.17, 15) is 30.4 Å². The van der Waals surface area contributed by atoms with Crippen LogP contribution in [0.4, 0.5) is 22.0 Å². The largest absolute Gasteiger partial charge is 0.473 e. The van der Waals surface area contributed by atoms with E-state index >= 15 is 0 Å². The average Bonchev–Trinajstić information content (AvgIpc) is 2.25. The summed E-state index contributed by atoms with van der Waals surface area (Å²) in [6, 6.07) is 5.97. The summed E-state index contributed by atoms with van der Waals surface area (Å²) in [4.78, 5) is 0. The summed E-state index contributed by atoms with van der Waals surface area (Å²) in [7, 11) is -4.62. The van der Waals surface area contributed by atoms with Crippen molar-refractivity contribution in [2.24, 2.45) is 0 Å². The van der Waals surface area contributed by atoms with Gasteiger partial charge in [-0.15, -0.1) is 0 Å². The van der Waals surface area contributed by atoms with Gasteiger partial charge in [0.2, 0.25) is 10.7 Å². The lowest BCUT2D eigenvalue weighted by atomic mass is 10.3. The van der Waals surface area contributed by atoms with Gasteiger partial charge in [-0.2, -0.15) is 22.0 Å². The van der Waals surface area contributed by atoms with Gasteiger partial charge in [-0.3, -0.25) is 0 Å². The van der Waals surface area contributed by atoms with Crippen molar-refractivity contribution in [2.45, 2.75) is 17.5 Å². The fraction of sp³-hybridized carbons (Fsp3) is 0.333. The van der Waals surface area contributed by atoms with Gasteiger partial charge in [0.25, 0.3) is 6.10 Å². The summed E-state index contributed by atoms with van der Waals surface area (Å²) in [5, 5.41) is -5.04. The maximum atomic E-state index is 13.0. The predicted molar refractivity (Wildman–Crippen MR) is 52.2 cm³/mol. The van der Waals surface area contributed by atoms with Gasteiger partial charge in [-0.1, -0.05) is 18.2 Å². The van der Waals surface area contributed by atoms with Gasteiger partial charge in [-0.05, 0) is 12.1 Å². The van der Waals surface area contributed by atoms with E-state index in [2.05, 4.69) is 4.74 Å². The third-order valence-corrected chi connectivity index (χ3v) is 2.57. The van der Waals surface area contributed by atoms with Crippen LogP contribution in [0, 0.1) is 0 Å². The van der Waals surface area contributed by atoms with Crippen LogP contribution in [0.3, 0.4) is 0 Å². The van der Waals surface area contributed by atoms with Crippen molar-refractivity contribution in [3.63, 3.8) is 0 Å². The monoisotopic (exact) mass is 290 g/mol. The molecule has 1 aromatic rings. The van der Waals surface area contributed by atoms with Crippen molar-refractivity contribution in [2.75, 3.05) is 0 Å². The van der Waals surface area contributed by atoms with E-state index in [0.29, 0.717) is 0 Å². The Bertz CT molecular complexity index is 461. The molecule has 0 saturated carbocycles. The second kappa shape index (κ2) is 5.09. The molecule has 0 saturated heterocycles. The molecule has 0 spiro atoms. The molecule has 102 valence electrons. The molecule has 9 heteroatoms. The second-order valence-electron chi connectivity index (χ2n) is 3.20. The third-order valence-electron chi connectivity index (χ3n) is 1.85. The molecule has 1 unspecified atom stereocenters. The first-order valence-corrected chi connectivity index (χ1v) is 5.64. The quantitative estimate of drug-likeness (QED) is 0.683. The summed E-state index contributed by atoms with van der Waals surface area (Å²) >= 11 is 0. The fourth-order valence-corrected chi connectivity index (χ4v) is 1.46. The average molecular weight is 290 g/mol. The van der Waals surface area contributed by atoms with Crippen molar-refractivity contribution in [1.29, 1.82) is 0 Å². The number of thiol groups is 1. The van der Waals surface area contributed by atoms with Crippen molar-refractivity contribution in [1.82, 2.24) is 0 Å². The van der Waals surface area contributed by atoms with Crippen LogP contribution in [-0.2, 0) is 10.7 Å². The Labute approximate surface area is 100 Å². The molecule has 0 aliphatic carbocycles. The highest BCUT2D eigenvalue weighted by Gasteiger charge is 2.60. The number of ether oxygens (including phenoxy) is 1. The normalized spacial score (nSPS) is 14.6. The Morgan fingerprint density at radius 1 is 1.00 bits per heavy atom. The van der Waals surface area contributed by atoms with Crippen LogP contribution in [0.5, 0.6) is 5.75 Å². The molecule has 1 aromatic carbocycles. The number of rotatable bonds is 4. The van der Waals surface area contributed by atoms with Crippen LogP contribution >= 0.6 is 0 Å². The lowest BCUT2D eigenvalue weighted by Gasteiger charge is -2.25. The van der Waals surface area contributed by atoms with Crippen molar-refractivity contribution < 1.29 is 35.1 Å². The highest BCUT2D eigenvalue weighted by Crippen LogP contribution is 2.36. The summed E-state index contributed by atoms with van der Waals surface area (Å²) in [6.45, 7) is 0. The predicted octanol–water partition coefficient (Wildman–Crippen LogP) is 2.20. The minimum Gasteiger partial charge on any atom is -0.473 e. The molecular formula is C9H7F5O3S. The standard InChI is InChI=1S/C9H7F5O3S/c10-8(11,12)7(9(13,14)18(15)16)17-6-4-2-1-3-5-6/h1-5,7,18H. The number of hydrogen-bond acceptors (Lipinski definition) is 3. The van der Waals surface area contributed by atoms with Crippen LogP contribution < -0.4 is 4.74 Å². The minimum absolute atomic E-state index is 0.503. The summed E-state index contributed by atoms with van der Waals surface area (Å²) in [5.41, 5.74) is 0. The Morgan fingerprint density at radius 3 is 1.89 bits per heavy atom. The van der Waals surface area contributed by atoms with Gasteiger partial charge in [0, 0.05) is 0 Å². The van der Waals surface area contributed by atoms with Crippen molar-refractivity contribution >= 4 is 10.7 Å². The molecule has 0 aliphatic heterocycles. The zero-order valence-corrected chi connectivity index (χ0v) is 9.42. The molecule has 0 aromatic heterocycles. The topological polar surface area (TPSA) is 43.4 Å². The van der Waals surface area contributed by atoms with Crippen molar-refractivity contribution in [3.05, 3.63) is 30.3 Å². The first kappa shape index (κ1) is 14.7. The molecule has 3 nitrogen and oxygen atoms in total. The highest BCUT2D eigenvalue weighted by atomic mass is 32.2. The molecule has 1 atom stereocenters. The fourth-order valence-electron chi connectivity index (χ4n) is 1.07. The van der Waals surface area contributed by atoms with E-state index in [1.807, 2.05) is 0 Å². The van der Waals surface area contributed by atoms with Gasteiger partial charge in [0.15, 0.2) is 0 Å². The zero-order valence-electron chi connectivity index (χ0n) is 8.53. The van der Waals surface area contributed by atoms with E-state index < -0.39 is 34.0 Å². The van der Waals surface area contributed by atoms with E-state index in [4.69, 9.17) is 0 Å². The molecule has 0 fully saturated rings. The molecule has 0 radical (unpaired) electrons. The van der Waals surface area contributed by atoms with Gasteiger partial charge in [0.05, 0.1) is 0 Å². The number of para-hydroxylation sites is 1. The van der Waals surface area contributed by atoms with Crippen LogP contribution in [0.2, 0.25) is 0 Å². The Morgan fingerprint density at radius 2 is 1.50 bits per heavy atom. The smallest absolute Gasteiger partial charge is 0.432 e. The first-order chi connectivity index (χ1) is 8.15. The van der Waals surface area contributed by atoms with Crippen LogP contribution in [0.15, 0.2) is 30.3 Å². The maximum Gasteiger partial charge on any atom is 0.432 e. The first-order valence-electron chi connectivity index (χ1n) is 4.46. The number of halogens is 5. The molecule has 0 bridgehead atoms. The molecule has 1 rings (SSSR count). The van der Waals surface area contributed by atoms with Gasteiger partial charge in [0.1, 0.15) is 5.75 Å². The SMILES string of the molecule is O=[SH](=O)C(F)(F)C(Oc1ccccc1)C(F)(F)F. The lowest BCUT2D eigenvalue weighted by molar-refractivity contribution is -0.237. The molecule has 0 aliphatic rings. The van der Waals surface area contributed by atoms with E-state index in [1.165, 1.54) is 18.2 Å². The second-order valence-corrected chi connectivity index (χ2v) is 4.31. The van der Waals surface area contributed by atoms with Gasteiger partial charge in [-0.25, -0.2) is 8.42 Å². The number of benzene rings is 1. The van der Waals surface area contributed by atoms with E-state index in [1.54, 1.807) is 0 Å². The molecule has 0 heterocycles. The van der Waals surface area contributed by atoms with Crippen LogP contribution in [-0.4, -0.2) is 26.0 Å². The zero-order chi connectivity index (χ0) is 14.0. The molecule has 0 amide bonds.